The standard InChI is InChI=1S/C56H52BN3S2/c1-54(2,3)35-22-27-39(28-23-35)58-42-31-26-37(56(7,8)9)34-41(42)57-50-44(58)19-15-20-45(50)60(40-29-24-36(25-30-40)55(4,5)6)51-49-48(62-53(51)57)33-32-46-52(49)61-47-21-14-13-18-43(47)59(46)38-16-11-10-12-17-38/h10-34H,1-9H3. The molecular weight excluding hydrogens is 790 g/mol. The Hall–Kier alpha value is -5.69. The highest BCUT2D eigenvalue weighted by atomic mass is 32.2. The van der Waals surface area contributed by atoms with Gasteiger partial charge in [-0.15, -0.1) is 11.3 Å². The minimum Gasteiger partial charge on any atom is -0.311 e. The quantitative estimate of drug-likeness (QED) is 0.164. The van der Waals surface area contributed by atoms with Crippen molar-refractivity contribution in [1.29, 1.82) is 0 Å². The van der Waals surface area contributed by atoms with Crippen molar-refractivity contribution in [1.82, 2.24) is 0 Å². The van der Waals surface area contributed by atoms with Crippen LogP contribution in [0.15, 0.2) is 161 Å². The van der Waals surface area contributed by atoms with Crippen LogP contribution in [0.25, 0.3) is 10.1 Å². The Balaban J connectivity index is 1.22. The van der Waals surface area contributed by atoms with E-state index in [1.54, 1.807) is 0 Å². The smallest absolute Gasteiger partial charge is 0.264 e. The zero-order valence-corrected chi connectivity index (χ0v) is 38.8. The molecule has 3 nitrogen and oxygen atoms in total. The summed E-state index contributed by atoms with van der Waals surface area (Å²) in [6.45, 7) is 20.9. The molecule has 0 spiro atoms. The maximum Gasteiger partial charge on any atom is 0.264 e. The number of para-hydroxylation sites is 2. The second-order valence-corrected chi connectivity index (χ2v) is 22.4. The Kier molecular flexibility index (Phi) is 8.79. The number of nitrogens with zero attached hydrogens (tertiary/aromatic N) is 3. The average molecular weight is 842 g/mol. The second-order valence-electron chi connectivity index (χ2n) is 20.3. The number of thiophene rings is 1. The maximum absolute atomic E-state index is 2.61. The molecule has 0 saturated heterocycles. The number of hydrogen-bond acceptors (Lipinski definition) is 5. The Bertz CT molecular complexity index is 3060. The van der Waals surface area contributed by atoms with Gasteiger partial charge in [-0.05, 0) is 123 Å². The number of benzene rings is 7. The van der Waals surface area contributed by atoms with Crippen LogP contribution in [-0.4, -0.2) is 6.71 Å². The van der Waals surface area contributed by atoms with Gasteiger partial charge in [0.25, 0.3) is 6.71 Å². The van der Waals surface area contributed by atoms with Gasteiger partial charge in [-0.3, -0.25) is 0 Å². The average Bonchev–Trinajstić information content (AvgIpc) is 3.64. The van der Waals surface area contributed by atoms with Crippen LogP contribution < -0.4 is 30.4 Å². The van der Waals surface area contributed by atoms with E-state index in [4.69, 9.17) is 0 Å². The van der Waals surface area contributed by atoms with E-state index in [0.29, 0.717) is 0 Å². The Morgan fingerprint density at radius 3 is 1.60 bits per heavy atom. The largest absolute Gasteiger partial charge is 0.311 e. The molecule has 3 aliphatic heterocycles. The first-order valence-corrected chi connectivity index (χ1v) is 23.6. The molecular formula is C56H52BN3S2. The van der Waals surface area contributed by atoms with Crippen LogP contribution in [0.5, 0.6) is 0 Å². The summed E-state index contributed by atoms with van der Waals surface area (Å²) in [6.07, 6.45) is 0. The van der Waals surface area contributed by atoms with Gasteiger partial charge < -0.3 is 14.7 Å². The van der Waals surface area contributed by atoms with Crippen LogP contribution in [0.2, 0.25) is 0 Å². The fourth-order valence-corrected chi connectivity index (χ4v) is 12.4. The van der Waals surface area contributed by atoms with Gasteiger partial charge in [-0.25, -0.2) is 0 Å². The van der Waals surface area contributed by atoms with E-state index in [-0.39, 0.29) is 23.0 Å². The Labute approximate surface area is 376 Å². The molecule has 1 aromatic heterocycles. The molecule has 0 aliphatic carbocycles. The van der Waals surface area contributed by atoms with E-state index in [9.17, 15) is 0 Å². The Morgan fingerprint density at radius 2 is 0.952 bits per heavy atom. The summed E-state index contributed by atoms with van der Waals surface area (Å²) in [6, 6.07) is 57.6. The first-order valence-electron chi connectivity index (χ1n) is 22.0. The molecule has 0 saturated carbocycles. The van der Waals surface area contributed by atoms with Crippen LogP contribution >= 0.6 is 23.1 Å². The van der Waals surface area contributed by atoms with Gasteiger partial charge >= 0.3 is 0 Å². The predicted molar refractivity (Wildman–Crippen MR) is 271 cm³/mol. The highest BCUT2D eigenvalue weighted by molar-refractivity contribution is 8.00. The van der Waals surface area contributed by atoms with Gasteiger partial charge in [0.05, 0.1) is 17.1 Å². The summed E-state index contributed by atoms with van der Waals surface area (Å²) in [5.41, 5.74) is 17.8. The molecule has 0 N–H and O–H groups in total. The third-order valence-electron chi connectivity index (χ3n) is 13.1. The van der Waals surface area contributed by atoms with Crippen molar-refractivity contribution in [2.45, 2.75) is 88.3 Å². The topological polar surface area (TPSA) is 9.72 Å². The highest BCUT2D eigenvalue weighted by Gasteiger charge is 2.46. The molecule has 62 heavy (non-hydrogen) atoms. The van der Waals surface area contributed by atoms with E-state index < -0.39 is 0 Å². The van der Waals surface area contributed by atoms with Crippen molar-refractivity contribution < 1.29 is 0 Å². The lowest BCUT2D eigenvalue weighted by Gasteiger charge is -2.43. The van der Waals surface area contributed by atoms with E-state index in [1.807, 2.05) is 23.1 Å². The summed E-state index contributed by atoms with van der Waals surface area (Å²) >= 11 is 3.90. The fourth-order valence-electron chi connectivity index (χ4n) is 9.80. The lowest BCUT2D eigenvalue weighted by molar-refractivity contribution is 0.590. The van der Waals surface area contributed by atoms with Gasteiger partial charge in [0, 0.05) is 58.8 Å². The highest BCUT2D eigenvalue weighted by Crippen LogP contribution is 2.57. The lowest BCUT2D eigenvalue weighted by atomic mass is 9.36. The van der Waals surface area contributed by atoms with E-state index in [0.717, 1.165) is 0 Å². The molecule has 0 radical (unpaired) electrons. The molecule has 0 bridgehead atoms. The second kappa shape index (κ2) is 13.9. The van der Waals surface area contributed by atoms with Gasteiger partial charge in [0.1, 0.15) is 0 Å². The van der Waals surface area contributed by atoms with Crippen molar-refractivity contribution in [3.63, 3.8) is 0 Å². The molecule has 4 heterocycles. The zero-order valence-electron chi connectivity index (χ0n) is 37.2. The number of hydrogen-bond donors (Lipinski definition) is 0. The van der Waals surface area contributed by atoms with E-state index in [1.165, 1.54) is 103 Å². The third-order valence-corrected chi connectivity index (χ3v) is 15.5. The normalized spacial score (nSPS) is 14.3. The van der Waals surface area contributed by atoms with Crippen LogP contribution in [0.3, 0.4) is 0 Å². The summed E-state index contributed by atoms with van der Waals surface area (Å²) in [4.78, 5) is 10.2. The van der Waals surface area contributed by atoms with Crippen LogP contribution in [-0.2, 0) is 16.2 Å². The number of anilines is 9. The van der Waals surface area contributed by atoms with Crippen LogP contribution in [0.4, 0.5) is 51.2 Å². The number of rotatable bonds is 3. The molecule has 3 aliphatic rings. The summed E-state index contributed by atoms with van der Waals surface area (Å²) < 4.78 is 2.71. The van der Waals surface area contributed by atoms with Gasteiger partial charge in [-0.2, -0.15) is 0 Å². The van der Waals surface area contributed by atoms with Crippen LogP contribution in [0, 0.1) is 0 Å². The molecule has 0 atom stereocenters. The third kappa shape index (κ3) is 6.08. The SMILES string of the molecule is CC(C)(C)c1ccc(N2c3ccc(C(C)(C)C)cc3B3c4sc5ccc6c(c5c4N(c4ccc(C(C)(C)C)cc4)c4cccc2c43)Sc2ccccc2N6c2ccccc2)cc1. The monoisotopic (exact) mass is 841 g/mol. The first-order chi connectivity index (χ1) is 29.7. The molecule has 306 valence electrons. The summed E-state index contributed by atoms with van der Waals surface area (Å²) in [5, 5.41) is 1.33. The zero-order chi connectivity index (χ0) is 42.9. The molecule has 7 aromatic carbocycles. The minimum atomic E-state index is -0.0174. The fraction of sp³-hybridized carbons (Fsp3) is 0.214. The molecule has 6 heteroatoms. The predicted octanol–water partition coefficient (Wildman–Crippen LogP) is 14.8. The Morgan fingerprint density at radius 1 is 0.435 bits per heavy atom. The minimum absolute atomic E-state index is 0.0174. The van der Waals surface area contributed by atoms with Crippen molar-refractivity contribution >= 4 is 107 Å². The molecule has 0 amide bonds. The summed E-state index contributed by atoms with van der Waals surface area (Å²) in [7, 11) is 0. The number of fused-ring (bicyclic) bond motifs is 9. The van der Waals surface area contributed by atoms with Crippen molar-refractivity contribution in [2.24, 2.45) is 0 Å². The van der Waals surface area contributed by atoms with Crippen molar-refractivity contribution in [2.75, 3.05) is 14.7 Å². The lowest BCUT2D eigenvalue weighted by Crippen LogP contribution is -2.60. The first kappa shape index (κ1) is 39.2. The van der Waals surface area contributed by atoms with E-state index in [2.05, 4.69) is 229 Å². The summed E-state index contributed by atoms with van der Waals surface area (Å²) in [5.74, 6) is 0. The van der Waals surface area contributed by atoms with Gasteiger partial charge in [0.2, 0.25) is 0 Å². The van der Waals surface area contributed by atoms with Crippen molar-refractivity contribution in [3.8, 4) is 0 Å². The molecule has 11 rings (SSSR count). The molecule has 0 fully saturated rings. The molecule has 0 unspecified atom stereocenters. The van der Waals surface area contributed by atoms with Gasteiger partial charge in [0.15, 0.2) is 0 Å². The molecule has 8 aromatic rings. The van der Waals surface area contributed by atoms with Gasteiger partial charge in [-0.1, -0.05) is 147 Å². The maximum atomic E-state index is 2.61. The van der Waals surface area contributed by atoms with Crippen molar-refractivity contribution in [3.05, 3.63) is 168 Å². The van der Waals surface area contributed by atoms with Crippen LogP contribution in [0.1, 0.15) is 79.0 Å². The van der Waals surface area contributed by atoms with E-state index >= 15 is 0 Å².